The highest BCUT2D eigenvalue weighted by Crippen LogP contribution is 2.28. The molecule has 3 rings (SSSR count). The van der Waals surface area contributed by atoms with Crippen LogP contribution in [0.2, 0.25) is 0 Å². The summed E-state index contributed by atoms with van der Waals surface area (Å²) in [6.45, 7) is 1.84. The van der Waals surface area contributed by atoms with Crippen molar-refractivity contribution >= 4 is 39.1 Å². The van der Waals surface area contributed by atoms with Gasteiger partial charge >= 0.3 is 5.97 Å². The number of rotatable bonds is 8. The number of aromatic nitrogens is 1. The summed E-state index contributed by atoms with van der Waals surface area (Å²) in [7, 11) is -3.77. The molecule has 0 atom stereocenters. The van der Waals surface area contributed by atoms with Crippen LogP contribution in [0.3, 0.4) is 0 Å². The van der Waals surface area contributed by atoms with Crippen molar-refractivity contribution < 1.29 is 18.3 Å². The fourth-order valence-electron chi connectivity index (χ4n) is 2.46. The lowest BCUT2D eigenvalue weighted by atomic mass is 10.1. The minimum absolute atomic E-state index is 0.0199. The maximum atomic E-state index is 12.4. The molecule has 0 saturated heterocycles. The molecule has 0 aliphatic rings. The Kier molecular flexibility index (Phi) is 6.50. The predicted molar refractivity (Wildman–Crippen MR) is 112 cm³/mol. The Balaban J connectivity index is 1.57. The number of sulfonamides is 1. The van der Waals surface area contributed by atoms with E-state index in [0.717, 1.165) is 15.6 Å². The minimum Gasteiger partial charge on any atom is -0.478 e. The number of thiazole rings is 1. The maximum absolute atomic E-state index is 12.4. The fraction of sp³-hybridized carbons (Fsp3) is 0.158. The number of aryl methyl sites for hydroxylation is 1. The predicted octanol–water partition coefficient (Wildman–Crippen LogP) is 3.89. The summed E-state index contributed by atoms with van der Waals surface area (Å²) >= 11 is 2.98. The van der Waals surface area contributed by atoms with E-state index in [4.69, 9.17) is 5.11 Å². The summed E-state index contributed by atoms with van der Waals surface area (Å²) in [5.41, 5.74) is 2.43. The molecule has 0 radical (unpaired) electrons. The number of carboxylic acid groups (broad SMARTS) is 1. The van der Waals surface area contributed by atoms with Crippen LogP contribution in [0.25, 0.3) is 11.3 Å². The Hall–Kier alpha value is -2.20. The van der Waals surface area contributed by atoms with E-state index in [1.165, 1.54) is 41.3 Å². The van der Waals surface area contributed by atoms with Gasteiger partial charge in [-0.3, -0.25) is 0 Å². The number of carboxylic acids is 1. The van der Waals surface area contributed by atoms with E-state index in [0.29, 0.717) is 11.3 Å². The van der Waals surface area contributed by atoms with Crippen molar-refractivity contribution in [2.24, 2.45) is 0 Å². The molecule has 0 unspecified atom stereocenters. The number of benzene rings is 2. The number of nitrogens with zero attached hydrogens (tertiary/aromatic N) is 1. The highest BCUT2D eigenvalue weighted by molar-refractivity contribution is 8.01. The lowest BCUT2D eigenvalue weighted by Gasteiger charge is -2.08. The highest BCUT2D eigenvalue weighted by atomic mass is 32.2. The lowest BCUT2D eigenvalue weighted by molar-refractivity contribution is 0.0696. The topological polar surface area (TPSA) is 96.4 Å². The number of carbonyl (C=O) groups is 1. The zero-order valence-electron chi connectivity index (χ0n) is 15.0. The second-order valence-electron chi connectivity index (χ2n) is 5.89. The monoisotopic (exact) mass is 434 g/mol. The smallest absolute Gasteiger partial charge is 0.335 e. The number of aromatic carboxylic acids is 1. The van der Waals surface area contributed by atoms with E-state index < -0.39 is 16.0 Å². The highest BCUT2D eigenvalue weighted by Gasteiger charge is 2.17. The van der Waals surface area contributed by atoms with Crippen molar-refractivity contribution in [3.05, 3.63) is 65.0 Å². The van der Waals surface area contributed by atoms with Gasteiger partial charge in [-0.15, -0.1) is 11.3 Å². The number of hydrogen-bond acceptors (Lipinski definition) is 6. The average molecular weight is 435 g/mol. The molecule has 0 aliphatic carbocycles. The molecule has 0 fully saturated rings. The standard InChI is InChI=1S/C19H18N2O4S3/c1-13-7-8-15(11-16(13)18(22)23)28(24,25)20-9-10-26-19-21-17(12-27-19)14-5-3-2-4-6-14/h2-8,11-12,20H,9-10H2,1H3,(H,22,23). The molecule has 9 heteroatoms. The van der Waals surface area contributed by atoms with Crippen molar-refractivity contribution in [1.82, 2.24) is 9.71 Å². The van der Waals surface area contributed by atoms with Crippen LogP contribution in [0, 0.1) is 6.92 Å². The minimum atomic E-state index is -3.77. The van der Waals surface area contributed by atoms with Crippen LogP contribution in [0.5, 0.6) is 0 Å². The van der Waals surface area contributed by atoms with Crippen molar-refractivity contribution in [3.8, 4) is 11.3 Å². The van der Waals surface area contributed by atoms with Gasteiger partial charge in [0.05, 0.1) is 16.2 Å². The van der Waals surface area contributed by atoms with Gasteiger partial charge in [-0.05, 0) is 24.6 Å². The molecule has 28 heavy (non-hydrogen) atoms. The Labute approximate surface area is 171 Å². The number of nitrogens with one attached hydrogen (secondary N) is 1. The van der Waals surface area contributed by atoms with Gasteiger partial charge in [0.1, 0.15) is 0 Å². The molecule has 1 aromatic heterocycles. The van der Waals surface area contributed by atoms with Gasteiger partial charge < -0.3 is 5.11 Å². The molecule has 2 N–H and O–H groups in total. The normalized spacial score (nSPS) is 11.5. The number of hydrogen-bond donors (Lipinski definition) is 2. The van der Waals surface area contributed by atoms with E-state index in [-0.39, 0.29) is 17.0 Å². The Morgan fingerprint density at radius 1 is 1.21 bits per heavy atom. The Morgan fingerprint density at radius 3 is 2.68 bits per heavy atom. The van der Waals surface area contributed by atoms with Crippen molar-refractivity contribution in [2.45, 2.75) is 16.2 Å². The van der Waals surface area contributed by atoms with Gasteiger partial charge in [-0.1, -0.05) is 48.2 Å². The van der Waals surface area contributed by atoms with E-state index in [1.54, 1.807) is 6.92 Å². The molecule has 1 heterocycles. The Bertz CT molecular complexity index is 1080. The molecule has 0 bridgehead atoms. The summed E-state index contributed by atoms with van der Waals surface area (Å²) in [6, 6.07) is 13.9. The molecule has 0 saturated carbocycles. The number of thioether (sulfide) groups is 1. The molecule has 6 nitrogen and oxygen atoms in total. The quantitative estimate of drug-likeness (QED) is 0.412. The summed E-state index contributed by atoms with van der Waals surface area (Å²) in [5.74, 6) is -0.637. The van der Waals surface area contributed by atoms with Gasteiger partial charge in [-0.2, -0.15) is 0 Å². The molecule has 146 valence electrons. The van der Waals surface area contributed by atoms with Crippen LogP contribution in [0.15, 0.2) is 63.1 Å². The SMILES string of the molecule is Cc1ccc(S(=O)(=O)NCCSc2nc(-c3ccccc3)cs2)cc1C(=O)O. The van der Waals surface area contributed by atoms with Gasteiger partial charge in [-0.25, -0.2) is 22.9 Å². The van der Waals surface area contributed by atoms with E-state index >= 15 is 0 Å². The molecular formula is C19H18N2O4S3. The first-order valence-corrected chi connectivity index (χ1v) is 11.7. The van der Waals surface area contributed by atoms with Crippen LogP contribution in [0.1, 0.15) is 15.9 Å². The third-order valence-corrected chi connectivity index (χ3v) is 7.40. The second kappa shape index (κ2) is 8.87. The van der Waals surface area contributed by atoms with Crippen LogP contribution in [-0.4, -0.2) is 36.8 Å². The zero-order valence-corrected chi connectivity index (χ0v) is 17.4. The van der Waals surface area contributed by atoms with Gasteiger partial charge in [0.2, 0.25) is 10.0 Å². The second-order valence-corrected chi connectivity index (χ2v) is 9.86. The van der Waals surface area contributed by atoms with Crippen LogP contribution in [0.4, 0.5) is 0 Å². The third-order valence-electron chi connectivity index (χ3n) is 3.92. The van der Waals surface area contributed by atoms with E-state index in [2.05, 4.69) is 9.71 Å². The van der Waals surface area contributed by atoms with Crippen molar-refractivity contribution in [3.63, 3.8) is 0 Å². The first-order valence-electron chi connectivity index (χ1n) is 8.34. The molecule has 2 aromatic carbocycles. The summed E-state index contributed by atoms with van der Waals surface area (Å²) in [5, 5.41) is 11.1. The van der Waals surface area contributed by atoms with E-state index in [1.807, 2.05) is 35.7 Å². The van der Waals surface area contributed by atoms with Crippen LogP contribution in [-0.2, 0) is 10.0 Å². The molecule has 0 aliphatic heterocycles. The van der Waals surface area contributed by atoms with Crippen LogP contribution >= 0.6 is 23.1 Å². The first-order chi connectivity index (χ1) is 13.4. The molecule has 0 amide bonds. The molecular weight excluding hydrogens is 416 g/mol. The van der Waals surface area contributed by atoms with Crippen molar-refractivity contribution in [1.29, 1.82) is 0 Å². The molecule has 3 aromatic rings. The Morgan fingerprint density at radius 2 is 1.96 bits per heavy atom. The van der Waals surface area contributed by atoms with Gasteiger partial charge in [0.25, 0.3) is 0 Å². The fourth-order valence-corrected chi connectivity index (χ4v) is 5.41. The molecule has 0 spiro atoms. The lowest BCUT2D eigenvalue weighted by Crippen LogP contribution is -2.26. The van der Waals surface area contributed by atoms with E-state index in [9.17, 15) is 13.2 Å². The van der Waals surface area contributed by atoms with Gasteiger partial charge in [0.15, 0.2) is 4.34 Å². The summed E-state index contributed by atoms with van der Waals surface area (Å²) in [6.07, 6.45) is 0. The largest absolute Gasteiger partial charge is 0.478 e. The van der Waals surface area contributed by atoms with Gasteiger partial charge in [0, 0.05) is 23.2 Å². The summed E-state index contributed by atoms with van der Waals surface area (Å²) < 4.78 is 28.2. The van der Waals surface area contributed by atoms with Crippen LogP contribution < -0.4 is 4.72 Å². The van der Waals surface area contributed by atoms with Crippen molar-refractivity contribution in [2.75, 3.05) is 12.3 Å². The summed E-state index contributed by atoms with van der Waals surface area (Å²) in [4.78, 5) is 15.7. The zero-order chi connectivity index (χ0) is 20.1. The first kappa shape index (κ1) is 20.5. The third kappa shape index (κ3) is 4.99. The maximum Gasteiger partial charge on any atom is 0.335 e. The average Bonchev–Trinajstić information content (AvgIpc) is 3.15.